The van der Waals surface area contributed by atoms with E-state index in [9.17, 15) is 0 Å². The standard InChI is InChI=1S/C9H12/c1-4-5-8-6-9(8)7(2)3/h7,9H,1,6H2,2-3H3. The zero-order valence-corrected chi connectivity index (χ0v) is 6.07. The number of hydrogen-bond acceptors (Lipinski definition) is 0. The number of hydrogen-bond donors (Lipinski definition) is 0. The highest BCUT2D eigenvalue weighted by Gasteiger charge is 2.32. The molecule has 1 unspecified atom stereocenters. The van der Waals surface area contributed by atoms with E-state index in [0.717, 1.165) is 11.8 Å². The van der Waals surface area contributed by atoms with Gasteiger partial charge in [0, 0.05) is 0 Å². The van der Waals surface area contributed by atoms with Crippen LogP contribution in [0.25, 0.3) is 0 Å². The second kappa shape index (κ2) is 2.27. The predicted octanol–water partition coefficient (Wildman–Crippen LogP) is 2.53. The molecule has 1 rings (SSSR count). The van der Waals surface area contributed by atoms with E-state index in [0.29, 0.717) is 0 Å². The topological polar surface area (TPSA) is 0 Å². The first-order valence-electron chi connectivity index (χ1n) is 3.39. The van der Waals surface area contributed by atoms with E-state index in [-0.39, 0.29) is 0 Å². The Labute approximate surface area is 56.6 Å². The summed E-state index contributed by atoms with van der Waals surface area (Å²) in [4.78, 5) is 0. The molecule has 0 N–H and O–H groups in total. The van der Waals surface area contributed by atoms with Crippen molar-refractivity contribution in [3.05, 3.63) is 23.6 Å². The fourth-order valence-corrected chi connectivity index (χ4v) is 1.07. The van der Waals surface area contributed by atoms with Gasteiger partial charge in [-0.25, -0.2) is 0 Å². The van der Waals surface area contributed by atoms with Crippen molar-refractivity contribution in [3.8, 4) is 0 Å². The fraction of sp³-hybridized carbons (Fsp3) is 0.556. The lowest BCUT2D eigenvalue weighted by Crippen LogP contribution is -1.86. The zero-order valence-electron chi connectivity index (χ0n) is 6.07. The Morgan fingerprint density at radius 3 is 2.67 bits per heavy atom. The van der Waals surface area contributed by atoms with Crippen molar-refractivity contribution in [2.45, 2.75) is 20.3 Å². The molecule has 0 radical (unpaired) electrons. The first-order valence-corrected chi connectivity index (χ1v) is 3.39. The molecule has 1 saturated carbocycles. The summed E-state index contributed by atoms with van der Waals surface area (Å²) in [6, 6.07) is 0. The Kier molecular flexibility index (Phi) is 1.62. The van der Waals surface area contributed by atoms with Crippen LogP contribution in [0, 0.1) is 11.8 Å². The molecule has 0 aliphatic heterocycles. The van der Waals surface area contributed by atoms with Crippen molar-refractivity contribution >= 4 is 0 Å². The molecule has 0 bridgehead atoms. The first-order chi connectivity index (χ1) is 4.25. The molecule has 0 aromatic rings. The molecule has 9 heavy (non-hydrogen) atoms. The van der Waals surface area contributed by atoms with Crippen LogP contribution >= 0.6 is 0 Å². The highest BCUT2D eigenvalue weighted by molar-refractivity contribution is 5.22. The van der Waals surface area contributed by atoms with Crippen molar-refractivity contribution < 1.29 is 0 Å². The molecular formula is C9H12. The minimum Gasteiger partial charge on any atom is -0.0782 e. The van der Waals surface area contributed by atoms with Gasteiger partial charge in [-0.3, -0.25) is 0 Å². The van der Waals surface area contributed by atoms with Crippen molar-refractivity contribution in [1.29, 1.82) is 0 Å². The summed E-state index contributed by atoms with van der Waals surface area (Å²) < 4.78 is 0. The van der Waals surface area contributed by atoms with Crippen LogP contribution in [0.4, 0.5) is 0 Å². The van der Waals surface area contributed by atoms with Gasteiger partial charge in [-0.05, 0) is 30.4 Å². The highest BCUT2D eigenvalue weighted by Crippen LogP contribution is 2.42. The summed E-state index contributed by atoms with van der Waals surface area (Å²) in [6.07, 6.45) is 1.22. The predicted molar refractivity (Wildman–Crippen MR) is 39.1 cm³/mol. The van der Waals surface area contributed by atoms with Crippen molar-refractivity contribution in [1.82, 2.24) is 0 Å². The maximum absolute atomic E-state index is 3.48. The third kappa shape index (κ3) is 1.36. The van der Waals surface area contributed by atoms with E-state index in [1.165, 1.54) is 12.0 Å². The lowest BCUT2D eigenvalue weighted by Gasteiger charge is -1.94. The smallest absolute Gasteiger partial charge is 0.00537 e. The molecule has 0 saturated heterocycles. The minimum absolute atomic E-state index is 0.779. The molecule has 1 aliphatic carbocycles. The Morgan fingerprint density at radius 2 is 2.33 bits per heavy atom. The van der Waals surface area contributed by atoms with Gasteiger partial charge in [-0.1, -0.05) is 25.3 Å². The van der Waals surface area contributed by atoms with E-state index in [4.69, 9.17) is 0 Å². The molecule has 1 aliphatic rings. The molecule has 0 heteroatoms. The second-order valence-electron chi connectivity index (χ2n) is 2.88. The summed E-state index contributed by atoms with van der Waals surface area (Å²) in [5.41, 5.74) is 7.09. The zero-order chi connectivity index (χ0) is 6.85. The Morgan fingerprint density at radius 1 is 1.67 bits per heavy atom. The van der Waals surface area contributed by atoms with Crippen molar-refractivity contribution in [2.24, 2.45) is 11.8 Å². The maximum atomic E-state index is 3.48. The molecular weight excluding hydrogens is 108 g/mol. The van der Waals surface area contributed by atoms with Crippen LogP contribution in [0.2, 0.25) is 0 Å². The van der Waals surface area contributed by atoms with Crippen LogP contribution in [0.5, 0.6) is 0 Å². The minimum atomic E-state index is 0.779. The molecule has 0 heterocycles. The average Bonchev–Trinajstić information content (AvgIpc) is 2.47. The third-order valence-electron chi connectivity index (χ3n) is 1.78. The largest absolute Gasteiger partial charge is 0.0782 e. The Bertz CT molecular complexity index is 186. The fourth-order valence-electron chi connectivity index (χ4n) is 1.07. The molecule has 1 atom stereocenters. The summed E-state index contributed by atoms with van der Waals surface area (Å²) in [5.74, 6) is 1.57. The lowest BCUT2D eigenvalue weighted by atomic mass is 10.1. The van der Waals surface area contributed by atoms with Gasteiger partial charge in [0.1, 0.15) is 0 Å². The molecule has 0 amide bonds. The summed E-state index contributed by atoms with van der Waals surface area (Å²) in [6.45, 7) is 7.95. The molecule has 1 fully saturated rings. The van der Waals surface area contributed by atoms with Crippen LogP contribution < -0.4 is 0 Å². The lowest BCUT2D eigenvalue weighted by molar-refractivity contribution is 0.581. The summed E-state index contributed by atoms with van der Waals surface area (Å²) >= 11 is 0. The first kappa shape index (κ1) is 6.42. The van der Waals surface area contributed by atoms with Gasteiger partial charge in [0.15, 0.2) is 0 Å². The molecule has 0 nitrogen and oxygen atoms in total. The number of allylic oxidation sites excluding steroid dienone is 1. The third-order valence-corrected chi connectivity index (χ3v) is 1.78. The highest BCUT2D eigenvalue weighted by atomic mass is 14.3. The maximum Gasteiger partial charge on any atom is -0.00537 e. The summed E-state index contributed by atoms with van der Waals surface area (Å²) in [5, 5.41) is 0. The van der Waals surface area contributed by atoms with Gasteiger partial charge >= 0.3 is 0 Å². The van der Waals surface area contributed by atoms with Gasteiger partial charge in [0.25, 0.3) is 0 Å². The molecule has 48 valence electrons. The van der Waals surface area contributed by atoms with E-state index in [1.807, 2.05) is 0 Å². The van der Waals surface area contributed by atoms with Gasteiger partial charge in [0.2, 0.25) is 0 Å². The molecule has 0 spiro atoms. The van der Waals surface area contributed by atoms with E-state index in [2.05, 4.69) is 31.9 Å². The van der Waals surface area contributed by atoms with Gasteiger partial charge < -0.3 is 0 Å². The van der Waals surface area contributed by atoms with Crippen LogP contribution in [0.1, 0.15) is 20.3 Å². The van der Waals surface area contributed by atoms with Gasteiger partial charge in [0.05, 0.1) is 0 Å². The van der Waals surface area contributed by atoms with E-state index >= 15 is 0 Å². The quantitative estimate of drug-likeness (QED) is 0.466. The summed E-state index contributed by atoms with van der Waals surface area (Å²) in [7, 11) is 0. The normalized spacial score (nSPS) is 23.4. The van der Waals surface area contributed by atoms with Gasteiger partial charge in [-0.15, -0.1) is 0 Å². The second-order valence-corrected chi connectivity index (χ2v) is 2.88. The van der Waals surface area contributed by atoms with Gasteiger partial charge in [-0.2, -0.15) is 0 Å². The average molecular weight is 120 g/mol. The molecule has 0 aromatic carbocycles. The molecule has 0 aromatic heterocycles. The van der Waals surface area contributed by atoms with E-state index < -0.39 is 0 Å². The number of rotatable bonds is 1. The SMILES string of the molecule is C=C=C=C1CC1C(C)C. The van der Waals surface area contributed by atoms with Crippen molar-refractivity contribution in [2.75, 3.05) is 0 Å². The van der Waals surface area contributed by atoms with Crippen LogP contribution in [-0.4, -0.2) is 0 Å². The Hall–Kier alpha value is -0.700. The van der Waals surface area contributed by atoms with Crippen LogP contribution in [0.15, 0.2) is 23.6 Å². The van der Waals surface area contributed by atoms with Crippen molar-refractivity contribution in [3.63, 3.8) is 0 Å². The van der Waals surface area contributed by atoms with Crippen LogP contribution in [-0.2, 0) is 0 Å². The van der Waals surface area contributed by atoms with Crippen LogP contribution in [0.3, 0.4) is 0 Å². The van der Waals surface area contributed by atoms with E-state index in [1.54, 1.807) is 0 Å². The monoisotopic (exact) mass is 120 g/mol. The Balaban J connectivity index is 2.61.